The molecule has 4 nitrogen and oxygen atoms in total. The summed E-state index contributed by atoms with van der Waals surface area (Å²) in [6.45, 7) is 11.5. The first kappa shape index (κ1) is 23.5. The van der Waals surface area contributed by atoms with E-state index in [1.54, 1.807) is 0 Å². The number of aliphatic hydroxyl groups is 2. The molecule has 0 radical (unpaired) electrons. The molecule has 4 aliphatic rings. The van der Waals surface area contributed by atoms with E-state index in [1.165, 1.54) is 25.7 Å². The molecular formula is C27H46O4. The van der Waals surface area contributed by atoms with Crippen LogP contribution < -0.4 is 0 Å². The Morgan fingerprint density at radius 2 is 1.77 bits per heavy atom. The Balaban J connectivity index is 1.52. The number of hydrogen-bond donors (Lipinski definition) is 2. The zero-order chi connectivity index (χ0) is 22.6. The number of rotatable bonds is 5. The molecule has 4 aliphatic carbocycles. The monoisotopic (exact) mass is 434 g/mol. The lowest BCUT2D eigenvalue weighted by molar-refractivity contribution is -0.175. The average molecular weight is 435 g/mol. The van der Waals surface area contributed by atoms with Gasteiger partial charge in [-0.3, -0.25) is 4.79 Å². The van der Waals surface area contributed by atoms with E-state index in [-0.39, 0.29) is 34.9 Å². The topological polar surface area (TPSA) is 66.8 Å². The van der Waals surface area contributed by atoms with Crippen molar-refractivity contribution in [3.05, 3.63) is 0 Å². The van der Waals surface area contributed by atoms with Gasteiger partial charge in [-0.15, -0.1) is 0 Å². The molecule has 2 N–H and O–H groups in total. The molecule has 0 spiro atoms. The zero-order valence-corrected chi connectivity index (χ0v) is 20.5. The van der Waals surface area contributed by atoms with Gasteiger partial charge >= 0.3 is 5.97 Å². The van der Waals surface area contributed by atoms with E-state index in [9.17, 15) is 15.0 Å². The Kier molecular flexibility index (Phi) is 6.55. The summed E-state index contributed by atoms with van der Waals surface area (Å²) in [5, 5.41) is 21.9. The molecule has 0 aromatic rings. The summed E-state index contributed by atoms with van der Waals surface area (Å²) in [5.74, 6) is 3.26. The quantitative estimate of drug-likeness (QED) is 0.584. The maximum absolute atomic E-state index is 12.2. The molecule has 178 valence electrons. The van der Waals surface area contributed by atoms with Crippen molar-refractivity contribution in [3.8, 4) is 0 Å². The first-order valence-electron chi connectivity index (χ1n) is 13.2. The maximum Gasteiger partial charge on any atom is 0.308 e. The minimum Gasteiger partial charge on any atom is -0.466 e. The molecule has 0 aromatic carbocycles. The smallest absolute Gasteiger partial charge is 0.308 e. The lowest BCUT2D eigenvalue weighted by Gasteiger charge is -2.62. The summed E-state index contributed by atoms with van der Waals surface area (Å²) in [5.41, 5.74) is 0.249. The van der Waals surface area contributed by atoms with Crippen molar-refractivity contribution in [3.63, 3.8) is 0 Å². The molecule has 4 fully saturated rings. The second kappa shape index (κ2) is 8.63. The van der Waals surface area contributed by atoms with Gasteiger partial charge in [-0.1, -0.05) is 27.7 Å². The number of ether oxygens (including phenoxy) is 1. The van der Waals surface area contributed by atoms with Crippen LogP contribution in [0.2, 0.25) is 0 Å². The van der Waals surface area contributed by atoms with Gasteiger partial charge in [0, 0.05) is 0 Å². The van der Waals surface area contributed by atoms with Gasteiger partial charge in [0.2, 0.25) is 0 Å². The van der Waals surface area contributed by atoms with E-state index in [0.717, 1.165) is 32.1 Å². The van der Waals surface area contributed by atoms with Gasteiger partial charge in [0.1, 0.15) is 0 Å². The van der Waals surface area contributed by atoms with E-state index >= 15 is 0 Å². The van der Waals surface area contributed by atoms with Gasteiger partial charge < -0.3 is 14.9 Å². The van der Waals surface area contributed by atoms with Crippen LogP contribution in [0.4, 0.5) is 0 Å². The number of fused-ring (bicyclic) bond motifs is 5. The highest BCUT2D eigenvalue weighted by Gasteiger charge is 2.63. The molecule has 0 bridgehead atoms. The highest BCUT2D eigenvalue weighted by molar-refractivity contribution is 5.71. The summed E-state index contributed by atoms with van der Waals surface area (Å²) in [6, 6.07) is 0. The van der Waals surface area contributed by atoms with Crippen molar-refractivity contribution >= 4 is 5.97 Å². The molecule has 0 aliphatic heterocycles. The zero-order valence-electron chi connectivity index (χ0n) is 20.5. The van der Waals surface area contributed by atoms with E-state index in [4.69, 9.17) is 4.74 Å². The van der Waals surface area contributed by atoms with Crippen molar-refractivity contribution in [2.24, 2.45) is 52.3 Å². The van der Waals surface area contributed by atoms with Crippen LogP contribution in [-0.4, -0.2) is 35.0 Å². The van der Waals surface area contributed by atoms with Gasteiger partial charge in [0.05, 0.1) is 24.7 Å². The highest BCUT2D eigenvalue weighted by Crippen LogP contribution is 2.68. The predicted molar refractivity (Wildman–Crippen MR) is 122 cm³/mol. The van der Waals surface area contributed by atoms with Crippen LogP contribution in [0, 0.1) is 52.3 Å². The van der Waals surface area contributed by atoms with Gasteiger partial charge in [0.25, 0.3) is 0 Å². The third-order valence-electron chi connectivity index (χ3n) is 10.9. The number of esters is 1. The molecule has 4 unspecified atom stereocenters. The lowest BCUT2D eigenvalue weighted by atomic mass is 9.43. The SMILES string of the molecule is CCOC(=O)C(C)C[C@@H](C)[C@H]1CCC2C3CC[C@@H]4C[C@H](O)CC[C@]4(C)C3C[C@H](O)[C@@]21C. The fourth-order valence-electron chi connectivity index (χ4n) is 9.26. The largest absolute Gasteiger partial charge is 0.466 e. The van der Waals surface area contributed by atoms with Crippen molar-refractivity contribution in [1.29, 1.82) is 0 Å². The van der Waals surface area contributed by atoms with Gasteiger partial charge in [0.15, 0.2) is 0 Å². The second-order valence-corrected chi connectivity index (χ2v) is 12.3. The summed E-state index contributed by atoms with van der Waals surface area (Å²) < 4.78 is 5.25. The fraction of sp³-hybridized carbons (Fsp3) is 0.963. The Labute approximate surface area is 189 Å². The Hall–Kier alpha value is -0.610. The van der Waals surface area contributed by atoms with Crippen molar-refractivity contribution in [1.82, 2.24) is 0 Å². The van der Waals surface area contributed by atoms with Crippen molar-refractivity contribution in [2.45, 2.75) is 105 Å². The van der Waals surface area contributed by atoms with Crippen LogP contribution in [0.25, 0.3) is 0 Å². The second-order valence-electron chi connectivity index (χ2n) is 12.3. The highest BCUT2D eigenvalue weighted by atomic mass is 16.5. The third kappa shape index (κ3) is 3.78. The Morgan fingerprint density at radius 1 is 1.03 bits per heavy atom. The Morgan fingerprint density at radius 3 is 2.48 bits per heavy atom. The van der Waals surface area contributed by atoms with E-state index in [2.05, 4.69) is 20.8 Å². The number of hydrogen-bond acceptors (Lipinski definition) is 4. The van der Waals surface area contributed by atoms with Gasteiger partial charge in [-0.25, -0.2) is 0 Å². The number of carbonyl (C=O) groups is 1. The standard InChI is InChI=1S/C27H46O4/c1-6-31-25(30)17(3)13-16(2)21-9-10-22-20-8-7-18-14-19(28)11-12-26(18,4)23(20)15-24(29)27(21,22)5/h16-24,28-29H,6-15H2,1-5H3/t16-,17?,18-,19-,20?,21-,22?,23?,24+,26+,27-/m1/s1. The van der Waals surface area contributed by atoms with Crippen LogP contribution in [0.5, 0.6) is 0 Å². The normalized spacial score (nSPS) is 48.8. The van der Waals surface area contributed by atoms with Crippen LogP contribution in [0.15, 0.2) is 0 Å². The fourth-order valence-corrected chi connectivity index (χ4v) is 9.26. The molecule has 31 heavy (non-hydrogen) atoms. The van der Waals surface area contributed by atoms with Crippen LogP contribution in [-0.2, 0) is 9.53 Å². The first-order chi connectivity index (χ1) is 14.6. The lowest BCUT2D eigenvalue weighted by Crippen LogP contribution is -2.58. The van der Waals surface area contributed by atoms with Gasteiger partial charge in [-0.2, -0.15) is 0 Å². The molecule has 0 aromatic heterocycles. The van der Waals surface area contributed by atoms with E-state index in [1.807, 2.05) is 13.8 Å². The summed E-state index contributed by atoms with van der Waals surface area (Å²) in [6.07, 6.45) is 9.33. The third-order valence-corrected chi connectivity index (χ3v) is 10.9. The Bertz CT molecular complexity index is 664. The minimum atomic E-state index is -0.256. The molecule has 11 atom stereocenters. The van der Waals surface area contributed by atoms with Crippen LogP contribution in [0.1, 0.15) is 92.4 Å². The van der Waals surface area contributed by atoms with Crippen molar-refractivity contribution in [2.75, 3.05) is 6.61 Å². The minimum absolute atomic E-state index is 0.0354. The van der Waals surface area contributed by atoms with E-state index in [0.29, 0.717) is 42.1 Å². The molecule has 4 heteroatoms. The average Bonchev–Trinajstić information content (AvgIpc) is 3.08. The van der Waals surface area contributed by atoms with Crippen LogP contribution >= 0.6 is 0 Å². The number of carbonyl (C=O) groups excluding carboxylic acids is 1. The molecule has 4 saturated carbocycles. The molecular weight excluding hydrogens is 388 g/mol. The van der Waals surface area contributed by atoms with Crippen molar-refractivity contribution < 1.29 is 19.7 Å². The molecule has 4 rings (SSSR count). The van der Waals surface area contributed by atoms with E-state index < -0.39 is 0 Å². The predicted octanol–water partition coefficient (Wildman–Crippen LogP) is 5.20. The van der Waals surface area contributed by atoms with Gasteiger partial charge in [-0.05, 0) is 111 Å². The summed E-state index contributed by atoms with van der Waals surface area (Å²) in [7, 11) is 0. The molecule has 0 amide bonds. The summed E-state index contributed by atoms with van der Waals surface area (Å²) >= 11 is 0. The van der Waals surface area contributed by atoms with Crippen LogP contribution in [0.3, 0.4) is 0 Å². The number of aliphatic hydroxyl groups excluding tert-OH is 2. The first-order valence-corrected chi connectivity index (χ1v) is 13.2. The summed E-state index contributed by atoms with van der Waals surface area (Å²) in [4.78, 5) is 12.2. The maximum atomic E-state index is 12.2. The molecule has 0 saturated heterocycles. The molecule has 0 heterocycles.